The largest absolute Gasteiger partial charge is 0.507 e. The average Bonchev–Trinajstić information content (AvgIpc) is 2.99. The number of carbonyl (C=O) groups is 1. The number of ether oxygens (including phenoxy) is 1. The van der Waals surface area contributed by atoms with Gasteiger partial charge in [-0.15, -0.1) is 0 Å². The maximum Gasteiger partial charge on any atom is 0.339 e. The van der Waals surface area contributed by atoms with E-state index in [1.165, 1.54) is 12.1 Å². The molecule has 0 amide bonds. The summed E-state index contributed by atoms with van der Waals surface area (Å²) in [6.07, 6.45) is 1.65. The molecule has 0 aliphatic carbocycles. The molecule has 0 saturated heterocycles. The zero-order valence-electron chi connectivity index (χ0n) is 14.4. The van der Waals surface area contributed by atoms with Gasteiger partial charge >= 0.3 is 5.97 Å². The minimum Gasteiger partial charge on any atom is -0.507 e. The number of phenols is 1. The first-order chi connectivity index (χ1) is 12.4. The predicted octanol–water partition coefficient (Wildman–Crippen LogP) is 3.94. The molecule has 2 aromatic carbocycles. The van der Waals surface area contributed by atoms with E-state index in [1.807, 2.05) is 32.0 Å². The fraction of sp³-hybridized carbons (Fsp3) is 0.200. The molecule has 0 bridgehead atoms. The van der Waals surface area contributed by atoms with E-state index >= 15 is 0 Å². The average molecular weight is 350 g/mol. The van der Waals surface area contributed by atoms with Gasteiger partial charge in [0.05, 0.1) is 23.1 Å². The lowest BCUT2D eigenvalue weighted by Gasteiger charge is -2.11. The number of aromatic nitrogens is 1. The Balaban J connectivity index is 2.16. The third kappa shape index (κ3) is 3.07. The number of aromatic carboxylic acids is 1. The van der Waals surface area contributed by atoms with E-state index in [4.69, 9.17) is 9.84 Å². The maximum absolute atomic E-state index is 11.1. The highest BCUT2D eigenvalue weighted by atomic mass is 16.5. The van der Waals surface area contributed by atoms with Crippen LogP contribution in [0.5, 0.6) is 11.5 Å². The number of hydrogen-bond donors (Lipinski definition) is 2. The molecular weight excluding hydrogens is 332 g/mol. The van der Waals surface area contributed by atoms with Crippen molar-refractivity contribution < 1.29 is 19.7 Å². The second-order valence-corrected chi connectivity index (χ2v) is 6.39. The lowest BCUT2D eigenvalue weighted by atomic mass is 10.1. The molecule has 0 unspecified atom stereocenters. The first-order valence-electron chi connectivity index (χ1n) is 8.16. The van der Waals surface area contributed by atoms with Crippen molar-refractivity contribution in [3.05, 3.63) is 53.7 Å². The summed E-state index contributed by atoms with van der Waals surface area (Å²) in [6.45, 7) is 4.62. The summed E-state index contributed by atoms with van der Waals surface area (Å²) in [5.74, 6) is -0.563. The minimum absolute atomic E-state index is 0.174. The first kappa shape index (κ1) is 17.4. The van der Waals surface area contributed by atoms with E-state index < -0.39 is 5.97 Å². The van der Waals surface area contributed by atoms with Crippen LogP contribution in [0.3, 0.4) is 0 Å². The number of hydrogen-bond acceptors (Lipinski definition) is 4. The van der Waals surface area contributed by atoms with Gasteiger partial charge < -0.3 is 19.5 Å². The van der Waals surface area contributed by atoms with E-state index in [9.17, 15) is 15.2 Å². The van der Waals surface area contributed by atoms with Crippen LogP contribution in [0, 0.1) is 17.2 Å². The standard InChI is InChI=1S/C20H18N2O4/c1-12(2)11-26-18-5-3-4-16-19(18)13(9-21)10-22(16)14-6-7-15(20(24)25)17(23)8-14/h3-8,10,12,23H,11H2,1-2H3,(H,24,25). The smallest absolute Gasteiger partial charge is 0.339 e. The van der Waals surface area contributed by atoms with Crippen molar-refractivity contribution in [2.24, 2.45) is 5.92 Å². The second-order valence-electron chi connectivity index (χ2n) is 6.39. The van der Waals surface area contributed by atoms with Crippen molar-refractivity contribution in [3.8, 4) is 23.3 Å². The van der Waals surface area contributed by atoms with Crippen LogP contribution in [0.4, 0.5) is 0 Å². The lowest BCUT2D eigenvalue weighted by molar-refractivity contribution is 0.0694. The van der Waals surface area contributed by atoms with Gasteiger partial charge in [-0.1, -0.05) is 19.9 Å². The van der Waals surface area contributed by atoms with E-state index in [0.717, 1.165) is 5.52 Å². The van der Waals surface area contributed by atoms with Crippen molar-refractivity contribution in [3.63, 3.8) is 0 Å². The van der Waals surface area contributed by atoms with Crippen molar-refractivity contribution in [2.45, 2.75) is 13.8 Å². The van der Waals surface area contributed by atoms with Gasteiger partial charge in [-0.3, -0.25) is 0 Å². The normalized spacial score (nSPS) is 10.8. The Morgan fingerprint density at radius 2 is 2.08 bits per heavy atom. The van der Waals surface area contributed by atoms with Crippen LogP contribution in [-0.2, 0) is 0 Å². The SMILES string of the molecule is CC(C)COc1cccc2c1c(C#N)cn2-c1ccc(C(=O)O)c(O)c1. The fourth-order valence-electron chi connectivity index (χ4n) is 2.78. The minimum atomic E-state index is -1.20. The number of nitriles is 1. The van der Waals surface area contributed by atoms with E-state index in [1.54, 1.807) is 16.8 Å². The number of fused-ring (bicyclic) bond motifs is 1. The number of nitrogens with zero attached hydrogens (tertiary/aromatic N) is 2. The lowest BCUT2D eigenvalue weighted by Crippen LogP contribution is -2.04. The first-order valence-corrected chi connectivity index (χ1v) is 8.16. The molecular formula is C20H18N2O4. The van der Waals surface area contributed by atoms with Gasteiger partial charge in [0.1, 0.15) is 23.1 Å². The predicted molar refractivity (Wildman–Crippen MR) is 96.9 cm³/mol. The van der Waals surface area contributed by atoms with Crippen molar-refractivity contribution >= 4 is 16.9 Å². The van der Waals surface area contributed by atoms with E-state index in [-0.39, 0.29) is 11.3 Å². The van der Waals surface area contributed by atoms with Crippen LogP contribution in [0.1, 0.15) is 29.8 Å². The molecule has 0 aliphatic heterocycles. The summed E-state index contributed by atoms with van der Waals surface area (Å²) < 4.78 is 7.59. The number of carboxylic acid groups (broad SMARTS) is 1. The molecule has 6 nitrogen and oxygen atoms in total. The Morgan fingerprint density at radius 3 is 2.69 bits per heavy atom. The van der Waals surface area contributed by atoms with Gasteiger partial charge in [0.15, 0.2) is 0 Å². The summed E-state index contributed by atoms with van der Waals surface area (Å²) in [4.78, 5) is 11.1. The molecule has 1 aromatic heterocycles. The molecule has 0 atom stereocenters. The third-order valence-corrected chi connectivity index (χ3v) is 3.97. The van der Waals surface area contributed by atoms with Gasteiger partial charge in [0, 0.05) is 18.0 Å². The fourth-order valence-corrected chi connectivity index (χ4v) is 2.78. The zero-order chi connectivity index (χ0) is 18.8. The number of rotatable bonds is 5. The van der Waals surface area contributed by atoms with Gasteiger partial charge in [0.25, 0.3) is 0 Å². The number of benzene rings is 2. The van der Waals surface area contributed by atoms with Crippen molar-refractivity contribution in [1.29, 1.82) is 5.26 Å². The molecule has 1 heterocycles. The molecule has 132 valence electrons. The number of carboxylic acids is 1. The summed E-state index contributed by atoms with van der Waals surface area (Å²) in [5, 5.41) is 29.2. The molecule has 2 N–H and O–H groups in total. The second kappa shape index (κ2) is 6.81. The Bertz CT molecular complexity index is 1030. The van der Waals surface area contributed by atoms with Gasteiger partial charge in [-0.25, -0.2) is 4.79 Å². The molecule has 0 radical (unpaired) electrons. The Kier molecular flexibility index (Phi) is 4.55. The molecule has 0 saturated carbocycles. The van der Waals surface area contributed by atoms with Gasteiger partial charge in [-0.2, -0.15) is 5.26 Å². The number of aromatic hydroxyl groups is 1. The Labute approximate surface area is 150 Å². The van der Waals surface area contributed by atoms with E-state index in [0.29, 0.717) is 34.9 Å². The monoisotopic (exact) mass is 350 g/mol. The van der Waals surface area contributed by atoms with E-state index in [2.05, 4.69) is 6.07 Å². The molecule has 3 aromatic rings. The van der Waals surface area contributed by atoms with Crippen LogP contribution in [0.25, 0.3) is 16.6 Å². The summed E-state index contributed by atoms with van der Waals surface area (Å²) in [5.41, 5.74) is 1.57. The molecule has 6 heteroatoms. The third-order valence-electron chi connectivity index (χ3n) is 3.97. The topological polar surface area (TPSA) is 95.5 Å². The Hall–Kier alpha value is -3.46. The van der Waals surface area contributed by atoms with Crippen molar-refractivity contribution in [1.82, 2.24) is 4.57 Å². The van der Waals surface area contributed by atoms with Crippen molar-refractivity contribution in [2.75, 3.05) is 6.61 Å². The molecule has 3 rings (SSSR count). The zero-order valence-corrected chi connectivity index (χ0v) is 14.4. The highest BCUT2D eigenvalue weighted by Gasteiger charge is 2.16. The van der Waals surface area contributed by atoms with Crippen LogP contribution in [0.15, 0.2) is 42.6 Å². The molecule has 0 fully saturated rings. The van der Waals surface area contributed by atoms with Crippen LogP contribution in [0.2, 0.25) is 0 Å². The Morgan fingerprint density at radius 1 is 1.31 bits per heavy atom. The maximum atomic E-state index is 11.1. The molecule has 0 aliphatic rings. The summed E-state index contributed by atoms with van der Waals surface area (Å²) >= 11 is 0. The molecule has 0 spiro atoms. The van der Waals surface area contributed by atoms with Gasteiger partial charge in [-0.05, 0) is 30.2 Å². The highest BCUT2D eigenvalue weighted by molar-refractivity contribution is 5.94. The summed E-state index contributed by atoms with van der Waals surface area (Å²) in [7, 11) is 0. The van der Waals surface area contributed by atoms with Crippen LogP contribution < -0.4 is 4.74 Å². The summed E-state index contributed by atoms with van der Waals surface area (Å²) in [6, 6.07) is 12.0. The molecule has 26 heavy (non-hydrogen) atoms. The van der Waals surface area contributed by atoms with Crippen LogP contribution >= 0.6 is 0 Å². The van der Waals surface area contributed by atoms with Crippen LogP contribution in [-0.4, -0.2) is 27.4 Å². The highest BCUT2D eigenvalue weighted by Crippen LogP contribution is 2.33. The quantitative estimate of drug-likeness (QED) is 0.726. The van der Waals surface area contributed by atoms with Gasteiger partial charge in [0.2, 0.25) is 0 Å².